The van der Waals surface area contributed by atoms with Crippen molar-refractivity contribution in [3.63, 3.8) is 0 Å². The van der Waals surface area contributed by atoms with Gasteiger partial charge >= 0.3 is 0 Å². The Bertz CT molecular complexity index is 311. The van der Waals surface area contributed by atoms with Gasteiger partial charge < -0.3 is 5.32 Å². The van der Waals surface area contributed by atoms with Gasteiger partial charge in [-0.2, -0.15) is 11.8 Å². The van der Waals surface area contributed by atoms with E-state index in [4.69, 9.17) is 0 Å². The molecule has 1 N–H and O–H groups in total. The second kappa shape index (κ2) is 8.43. The normalized spacial score (nSPS) is 22.2. The predicted molar refractivity (Wildman–Crippen MR) is 81.1 cm³/mol. The van der Waals surface area contributed by atoms with E-state index in [2.05, 4.69) is 24.0 Å². The smallest absolute Gasteiger partial charge is 0.150 e. The number of thioether (sulfide) groups is 1. The van der Waals surface area contributed by atoms with Crippen LogP contribution in [0.4, 0.5) is 0 Å². The van der Waals surface area contributed by atoms with Gasteiger partial charge in [-0.05, 0) is 44.4 Å². The van der Waals surface area contributed by atoms with Crippen molar-refractivity contribution in [2.75, 3.05) is 23.8 Å². The van der Waals surface area contributed by atoms with Gasteiger partial charge in [0.15, 0.2) is 0 Å². The van der Waals surface area contributed by atoms with Crippen molar-refractivity contribution in [3.8, 4) is 0 Å². The largest absolute Gasteiger partial charge is 0.313 e. The summed E-state index contributed by atoms with van der Waals surface area (Å²) in [6.45, 7) is 4.95. The first kappa shape index (κ1) is 16.3. The van der Waals surface area contributed by atoms with Crippen molar-refractivity contribution in [2.45, 2.75) is 57.2 Å². The van der Waals surface area contributed by atoms with Crippen molar-refractivity contribution in [3.05, 3.63) is 0 Å². The maximum atomic E-state index is 11.5. The highest BCUT2D eigenvalue weighted by atomic mass is 32.2. The van der Waals surface area contributed by atoms with E-state index in [0.29, 0.717) is 17.0 Å². The Labute approximate surface area is 116 Å². The van der Waals surface area contributed by atoms with E-state index >= 15 is 0 Å². The molecule has 0 aromatic heterocycles. The highest BCUT2D eigenvalue weighted by Crippen LogP contribution is 2.30. The number of sulfone groups is 1. The number of rotatable bonds is 9. The molecule has 2 atom stereocenters. The predicted octanol–water partition coefficient (Wildman–Crippen LogP) is 2.47. The SMILES string of the molecule is CCCNC(CCCS(=O)(=O)CC)C1CCCS1. The van der Waals surface area contributed by atoms with Crippen LogP contribution in [0.1, 0.15) is 46.0 Å². The van der Waals surface area contributed by atoms with Crippen molar-refractivity contribution in [1.29, 1.82) is 0 Å². The molecule has 1 rings (SSSR count). The molecule has 0 radical (unpaired) electrons. The summed E-state index contributed by atoms with van der Waals surface area (Å²) in [6, 6.07) is 0.504. The molecule has 1 fully saturated rings. The summed E-state index contributed by atoms with van der Waals surface area (Å²) < 4.78 is 23.0. The molecule has 5 heteroatoms. The highest BCUT2D eigenvalue weighted by molar-refractivity contribution is 8.00. The minimum atomic E-state index is -2.79. The van der Waals surface area contributed by atoms with Crippen LogP contribution in [0.2, 0.25) is 0 Å². The Balaban J connectivity index is 2.36. The van der Waals surface area contributed by atoms with Crippen molar-refractivity contribution < 1.29 is 8.42 Å². The topological polar surface area (TPSA) is 46.2 Å². The zero-order chi connectivity index (χ0) is 13.4. The van der Waals surface area contributed by atoms with Crippen LogP contribution < -0.4 is 5.32 Å². The molecular formula is C13H27NO2S2. The van der Waals surface area contributed by atoms with Crippen molar-refractivity contribution in [2.24, 2.45) is 0 Å². The van der Waals surface area contributed by atoms with Gasteiger partial charge in [0.1, 0.15) is 9.84 Å². The molecule has 18 heavy (non-hydrogen) atoms. The number of hydrogen-bond donors (Lipinski definition) is 1. The van der Waals surface area contributed by atoms with Crippen LogP contribution in [0.15, 0.2) is 0 Å². The van der Waals surface area contributed by atoms with E-state index in [-0.39, 0.29) is 5.75 Å². The molecule has 1 aliphatic heterocycles. The van der Waals surface area contributed by atoms with E-state index in [1.165, 1.54) is 18.6 Å². The molecule has 0 saturated carbocycles. The lowest BCUT2D eigenvalue weighted by Crippen LogP contribution is -2.38. The van der Waals surface area contributed by atoms with Gasteiger partial charge in [0.25, 0.3) is 0 Å². The lowest BCUT2D eigenvalue weighted by Gasteiger charge is -2.24. The van der Waals surface area contributed by atoms with Crippen LogP contribution in [0.5, 0.6) is 0 Å². The third-order valence-electron chi connectivity index (χ3n) is 3.48. The molecule has 0 bridgehead atoms. The molecule has 108 valence electrons. The summed E-state index contributed by atoms with van der Waals surface area (Å²) >= 11 is 2.05. The molecule has 3 nitrogen and oxygen atoms in total. The molecule has 1 saturated heterocycles. The second-order valence-corrected chi connectivity index (χ2v) is 8.81. The van der Waals surface area contributed by atoms with Gasteiger partial charge in [-0.15, -0.1) is 0 Å². The first-order chi connectivity index (χ1) is 8.59. The molecule has 0 amide bonds. The van der Waals surface area contributed by atoms with Crippen LogP contribution in [-0.2, 0) is 9.84 Å². The van der Waals surface area contributed by atoms with E-state index in [9.17, 15) is 8.42 Å². The van der Waals surface area contributed by atoms with Gasteiger partial charge in [-0.3, -0.25) is 0 Å². The van der Waals surface area contributed by atoms with Crippen LogP contribution >= 0.6 is 11.8 Å². The minimum Gasteiger partial charge on any atom is -0.313 e. The lowest BCUT2D eigenvalue weighted by molar-refractivity contribution is 0.453. The van der Waals surface area contributed by atoms with E-state index < -0.39 is 9.84 Å². The fraction of sp³-hybridized carbons (Fsp3) is 1.00. The molecular weight excluding hydrogens is 266 g/mol. The maximum absolute atomic E-state index is 11.5. The van der Waals surface area contributed by atoms with Crippen LogP contribution in [0.3, 0.4) is 0 Å². The van der Waals surface area contributed by atoms with Gasteiger partial charge in [0.05, 0.1) is 5.75 Å². The third-order valence-corrected chi connectivity index (χ3v) is 6.79. The van der Waals surface area contributed by atoms with Crippen LogP contribution in [0, 0.1) is 0 Å². The van der Waals surface area contributed by atoms with Crippen molar-refractivity contribution in [1.82, 2.24) is 5.32 Å². The third kappa shape index (κ3) is 5.93. The standard InChI is InChI=1S/C13H27NO2S2/c1-3-9-14-12(13-8-5-10-17-13)7-6-11-18(15,16)4-2/h12-14H,3-11H2,1-2H3. The summed E-state index contributed by atoms with van der Waals surface area (Å²) in [5, 5.41) is 4.30. The van der Waals surface area contributed by atoms with Crippen molar-refractivity contribution >= 4 is 21.6 Å². The monoisotopic (exact) mass is 293 g/mol. The summed E-state index contributed by atoms with van der Waals surface area (Å²) in [4.78, 5) is 0. The Kier molecular flexibility index (Phi) is 7.64. The summed E-state index contributed by atoms with van der Waals surface area (Å²) in [5.74, 6) is 1.89. The quantitative estimate of drug-likeness (QED) is 0.709. The van der Waals surface area contributed by atoms with Crippen LogP contribution in [0.25, 0.3) is 0 Å². The molecule has 1 heterocycles. The summed E-state index contributed by atoms with van der Waals surface area (Å²) in [6.07, 6.45) is 5.53. The Morgan fingerprint density at radius 3 is 2.72 bits per heavy atom. The summed E-state index contributed by atoms with van der Waals surface area (Å²) in [5.41, 5.74) is 0. The fourth-order valence-electron chi connectivity index (χ4n) is 2.34. The molecule has 2 unspecified atom stereocenters. The van der Waals surface area contributed by atoms with E-state index in [1.807, 2.05) is 0 Å². The van der Waals surface area contributed by atoms with Gasteiger partial charge in [0.2, 0.25) is 0 Å². The maximum Gasteiger partial charge on any atom is 0.150 e. The summed E-state index contributed by atoms with van der Waals surface area (Å²) in [7, 11) is -2.79. The highest BCUT2D eigenvalue weighted by Gasteiger charge is 2.25. The molecule has 0 aliphatic carbocycles. The second-order valence-electron chi connectivity index (χ2n) is 4.99. The average Bonchev–Trinajstić information content (AvgIpc) is 2.87. The van der Waals surface area contributed by atoms with Gasteiger partial charge in [-0.1, -0.05) is 13.8 Å². The lowest BCUT2D eigenvalue weighted by atomic mass is 10.0. The molecule has 0 aromatic carbocycles. The molecule has 0 spiro atoms. The van der Waals surface area contributed by atoms with E-state index in [0.717, 1.165) is 25.8 Å². The molecule has 0 aromatic rings. The Morgan fingerprint density at radius 2 is 2.17 bits per heavy atom. The average molecular weight is 293 g/mol. The van der Waals surface area contributed by atoms with Gasteiger partial charge in [-0.25, -0.2) is 8.42 Å². The van der Waals surface area contributed by atoms with Crippen LogP contribution in [-0.4, -0.2) is 43.5 Å². The fourth-order valence-corrected chi connectivity index (χ4v) is 4.67. The Hall–Kier alpha value is 0.260. The van der Waals surface area contributed by atoms with E-state index in [1.54, 1.807) is 6.92 Å². The number of hydrogen-bond acceptors (Lipinski definition) is 4. The minimum absolute atomic E-state index is 0.276. The Morgan fingerprint density at radius 1 is 1.39 bits per heavy atom. The zero-order valence-electron chi connectivity index (χ0n) is 11.7. The first-order valence-electron chi connectivity index (χ1n) is 7.14. The zero-order valence-corrected chi connectivity index (χ0v) is 13.3. The molecule has 1 aliphatic rings. The first-order valence-corrected chi connectivity index (χ1v) is 10.0. The number of nitrogens with one attached hydrogen (secondary N) is 1. The van der Waals surface area contributed by atoms with Gasteiger partial charge in [0, 0.05) is 17.0 Å².